The molecule has 4 bridgehead atoms. The molecule has 0 spiro atoms. The summed E-state index contributed by atoms with van der Waals surface area (Å²) in [6, 6.07) is 0.354. The van der Waals surface area contributed by atoms with Gasteiger partial charge in [-0.05, 0) is 70.1 Å². The van der Waals surface area contributed by atoms with Gasteiger partial charge in [0.25, 0.3) is 0 Å². The number of rotatable bonds is 3. The van der Waals surface area contributed by atoms with Crippen LogP contribution < -0.4 is 10.1 Å². The predicted molar refractivity (Wildman–Crippen MR) is 87.3 cm³/mol. The maximum absolute atomic E-state index is 13.1. The molecular formula is C18H25N3O2. The summed E-state index contributed by atoms with van der Waals surface area (Å²) in [4.78, 5) is 21.7. The number of carbonyl (C=O) groups is 1. The number of amides is 1. The second-order valence-corrected chi connectivity index (χ2v) is 7.91. The van der Waals surface area contributed by atoms with Crippen LogP contribution in [0.5, 0.6) is 6.01 Å². The highest BCUT2D eigenvalue weighted by Gasteiger charge is 2.54. The molecule has 0 aliphatic heterocycles. The van der Waals surface area contributed by atoms with Crippen molar-refractivity contribution >= 4 is 11.6 Å². The normalized spacial score (nSPS) is 34.5. The summed E-state index contributed by atoms with van der Waals surface area (Å²) in [5.41, 5.74) is 2.15. The van der Waals surface area contributed by atoms with Gasteiger partial charge in [-0.1, -0.05) is 0 Å². The zero-order valence-corrected chi connectivity index (χ0v) is 14.2. The summed E-state index contributed by atoms with van der Waals surface area (Å²) in [5.74, 6) is 2.49. The molecule has 5 rings (SSSR count). The SMILES string of the molecule is COc1nc(C)c(NC(=O)C23CC4CC(CC(C4)C2)C3)c(C)n1. The Labute approximate surface area is 137 Å². The molecule has 1 amide bonds. The molecule has 23 heavy (non-hydrogen) atoms. The number of aryl methyl sites for hydroxylation is 2. The first-order valence-electron chi connectivity index (χ1n) is 8.70. The smallest absolute Gasteiger partial charge is 0.316 e. The lowest BCUT2D eigenvalue weighted by Gasteiger charge is -2.55. The van der Waals surface area contributed by atoms with Crippen LogP contribution in [0.1, 0.15) is 49.9 Å². The molecule has 5 nitrogen and oxygen atoms in total. The predicted octanol–water partition coefficient (Wildman–Crippen LogP) is 3.26. The maximum Gasteiger partial charge on any atom is 0.316 e. The highest BCUT2D eigenvalue weighted by molar-refractivity contribution is 5.96. The van der Waals surface area contributed by atoms with Crippen molar-refractivity contribution in [2.24, 2.45) is 23.2 Å². The van der Waals surface area contributed by atoms with Crippen LogP contribution in [0, 0.1) is 37.0 Å². The Hall–Kier alpha value is -1.65. The molecule has 4 aliphatic rings. The molecule has 1 aromatic heterocycles. The summed E-state index contributed by atoms with van der Waals surface area (Å²) in [7, 11) is 1.56. The Morgan fingerprint density at radius 3 is 1.96 bits per heavy atom. The molecular weight excluding hydrogens is 290 g/mol. The number of ether oxygens (including phenoxy) is 1. The average molecular weight is 315 g/mol. The van der Waals surface area contributed by atoms with Crippen LogP contribution >= 0.6 is 0 Å². The minimum atomic E-state index is -0.145. The average Bonchev–Trinajstić information content (AvgIpc) is 2.49. The molecule has 0 atom stereocenters. The van der Waals surface area contributed by atoms with Gasteiger partial charge < -0.3 is 10.1 Å². The molecule has 4 fully saturated rings. The highest BCUT2D eigenvalue weighted by atomic mass is 16.5. The first-order valence-corrected chi connectivity index (χ1v) is 8.70. The minimum Gasteiger partial charge on any atom is -0.467 e. The third-order valence-corrected chi connectivity index (χ3v) is 6.19. The van der Waals surface area contributed by atoms with Gasteiger partial charge in [-0.25, -0.2) is 0 Å². The van der Waals surface area contributed by atoms with Crippen LogP contribution in [-0.2, 0) is 4.79 Å². The number of nitrogens with zero attached hydrogens (tertiary/aromatic N) is 2. The van der Waals surface area contributed by atoms with Crippen LogP contribution in [-0.4, -0.2) is 23.0 Å². The molecule has 1 N–H and O–H groups in total. The van der Waals surface area contributed by atoms with Crippen LogP contribution in [0.2, 0.25) is 0 Å². The van der Waals surface area contributed by atoms with E-state index < -0.39 is 0 Å². The van der Waals surface area contributed by atoms with Gasteiger partial charge >= 0.3 is 6.01 Å². The zero-order chi connectivity index (χ0) is 16.2. The fraction of sp³-hybridized carbons (Fsp3) is 0.722. The van der Waals surface area contributed by atoms with Crippen molar-refractivity contribution < 1.29 is 9.53 Å². The number of aromatic nitrogens is 2. The lowest BCUT2D eigenvalue weighted by molar-refractivity contribution is -0.140. The fourth-order valence-electron chi connectivity index (χ4n) is 5.59. The van der Waals surface area contributed by atoms with E-state index in [1.54, 1.807) is 7.11 Å². The van der Waals surface area contributed by atoms with Gasteiger partial charge in [-0.3, -0.25) is 4.79 Å². The topological polar surface area (TPSA) is 64.1 Å². The Morgan fingerprint density at radius 1 is 1.04 bits per heavy atom. The van der Waals surface area contributed by atoms with Gasteiger partial charge in [0.15, 0.2) is 0 Å². The van der Waals surface area contributed by atoms with Crippen LogP contribution in [0.15, 0.2) is 0 Å². The molecule has 0 unspecified atom stereocenters. The third kappa shape index (κ3) is 2.41. The van der Waals surface area contributed by atoms with Gasteiger partial charge in [0, 0.05) is 0 Å². The minimum absolute atomic E-state index is 0.145. The maximum atomic E-state index is 13.1. The van der Waals surface area contributed by atoms with Crippen molar-refractivity contribution in [3.05, 3.63) is 11.4 Å². The van der Waals surface area contributed by atoms with Gasteiger partial charge in [-0.15, -0.1) is 0 Å². The van der Waals surface area contributed by atoms with E-state index >= 15 is 0 Å². The second-order valence-electron chi connectivity index (χ2n) is 7.91. The molecule has 5 heteroatoms. The van der Waals surface area contributed by atoms with Gasteiger partial charge in [0.2, 0.25) is 5.91 Å². The standard InChI is InChI=1S/C18H25N3O2/c1-10-15(11(2)20-17(19-10)23-3)21-16(22)18-7-12-4-13(8-18)6-14(5-12)9-18/h12-14H,4-9H2,1-3H3,(H,21,22). The van der Waals surface area contributed by atoms with E-state index in [1.165, 1.54) is 19.3 Å². The molecule has 1 aromatic rings. The van der Waals surface area contributed by atoms with Gasteiger partial charge in [0.05, 0.1) is 29.6 Å². The lowest BCUT2D eigenvalue weighted by atomic mass is 9.49. The van der Waals surface area contributed by atoms with Crippen LogP contribution in [0.3, 0.4) is 0 Å². The van der Waals surface area contributed by atoms with E-state index in [2.05, 4.69) is 15.3 Å². The monoisotopic (exact) mass is 315 g/mol. The number of anilines is 1. The van der Waals surface area contributed by atoms with Crippen LogP contribution in [0.4, 0.5) is 5.69 Å². The van der Waals surface area contributed by atoms with E-state index in [0.717, 1.165) is 54.1 Å². The van der Waals surface area contributed by atoms with Crippen molar-refractivity contribution in [1.29, 1.82) is 0 Å². The molecule has 0 aromatic carbocycles. The van der Waals surface area contributed by atoms with Crippen molar-refractivity contribution in [1.82, 2.24) is 9.97 Å². The largest absolute Gasteiger partial charge is 0.467 e. The molecule has 0 saturated heterocycles. The quantitative estimate of drug-likeness (QED) is 0.930. The van der Waals surface area contributed by atoms with Crippen molar-refractivity contribution in [2.45, 2.75) is 52.4 Å². The number of hydrogen-bond acceptors (Lipinski definition) is 4. The van der Waals surface area contributed by atoms with E-state index in [1.807, 2.05) is 13.8 Å². The van der Waals surface area contributed by atoms with Crippen molar-refractivity contribution in [3.8, 4) is 6.01 Å². The summed E-state index contributed by atoms with van der Waals surface area (Å²) in [5, 5.41) is 3.17. The molecule has 124 valence electrons. The second kappa shape index (κ2) is 5.18. The van der Waals surface area contributed by atoms with E-state index in [-0.39, 0.29) is 11.3 Å². The van der Waals surface area contributed by atoms with Crippen molar-refractivity contribution in [2.75, 3.05) is 12.4 Å². The molecule has 4 aliphatic carbocycles. The van der Waals surface area contributed by atoms with Crippen molar-refractivity contribution in [3.63, 3.8) is 0 Å². The fourth-order valence-corrected chi connectivity index (χ4v) is 5.59. The third-order valence-electron chi connectivity index (χ3n) is 6.19. The Kier molecular flexibility index (Phi) is 3.36. The van der Waals surface area contributed by atoms with E-state index in [0.29, 0.717) is 6.01 Å². The lowest BCUT2D eigenvalue weighted by Crippen LogP contribution is -2.51. The number of methoxy groups -OCH3 is 1. The first kappa shape index (κ1) is 14.9. The summed E-state index contributed by atoms with van der Waals surface area (Å²) < 4.78 is 5.10. The summed E-state index contributed by atoms with van der Waals surface area (Å²) >= 11 is 0. The summed E-state index contributed by atoms with van der Waals surface area (Å²) in [6.07, 6.45) is 7.24. The Balaban J connectivity index is 1.59. The Morgan fingerprint density at radius 2 is 1.52 bits per heavy atom. The van der Waals surface area contributed by atoms with E-state index in [9.17, 15) is 4.79 Å². The Bertz CT molecular complexity index is 597. The highest BCUT2D eigenvalue weighted by Crippen LogP contribution is 2.60. The van der Waals surface area contributed by atoms with Crippen LogP contribution in [0.25, 0.3) is 0 Å². The number of hydrogen-bond donors (Lipinski definition) is 1. The first-order chi connectivity index (χ1) is 11.0. The van der Waals surface area contributed by atoms with Gasteiger partial charge in [0.1, 0.15) is 0 Å². The molecule has 1 heterocycles. The zero-order valence-electron chi connectivity index (χ0n) is 14.2. The number of carbonyl (C=O) groups excluding carboxylic acids is 1. The molecule has 0 radical (unpaired) electrons. The number of nitrogens with one attached hydrogen (secondary N) is 1. The molecule has 4 saturated carbocycles. The van der Waals surface area contributed by atoms with Gasteiger partial charge in [-0.2, -0.15) is 9.97 Å². The summed E-state index contributed by atoms with van der Waals surface area (Å²) in [6.45, 7) is 3.79. The van der Waals surface area contributed by atoms with E-state index in [4.69, 9.17) is 4.74 Å².